The van der Waals surface area contributed by atoms with Crippen molar-refractivity contribution in [2.45, 2.75) is 0 Å². The zero-order valence-corrected chi connectivity index (χ0v) is 8.27. The molecule has 0 saturated heterocycles. The first-order valence-corrected chi connectivity index (χ1v) is 4.28. The molecule has 0 saturated carbocycles. The van der Waals surface area contributed by atoms with Gasteiger partial charge in [0.2, 0.25) is 0 Å². The minimum absolute atomic E-state index is 0.320. The van der Waals surface area contributed by atoms with E-state index >= 15 is 0 Å². The third-order valence-corrected chi connectivity index (χ3v) is 1.85. The molecule has 0 aliphatic rings. The van der Waals surface area contributed by atoms with Crippen molar-refractivity contribution in [2.75, 3.05) is 12.8 Å². The molecular weight excluding hydrogens is 194 g/mol. The van der Waals surface area contributed by atoms with Crippen molar-refractivity contribution in [2.24, 2.45) is 0 Å². The summed E-state index contributed by atoms with van der Waals surface area (Å²) in [4.78, 5) is 21.3. The summed E-state index contributed by atoms with van der Waals surface area (Å²) in [7, 11) is 1.29. The Kier molecular flexibility index (Phi) is 3.62. The Balaban J connectivity index is 3.02. The molecule has 2 N–H and O–H groups in total. The smallest absolute Gasteiger partial charge is 0.339 e. The second kappa shape index (κ2) is 4.95. The number of nitrogens with two attached hydrogens (primary N) is 1. The first kappa shape index (κ1) is 11.0. The Morgan fingerprint density at radius 2 is 2.20 bits per heavy atom. The Morgan fingerprint density at radius 3 is 2.73 bits per heavy atom. The van der Waals surface area contributed by atoms with Crippen molar-refractivity contribution in [1.29, 1.82) is 0 Å². The Labute approximate surface area is 87.3 Å². The number of rotatable bonds is 3. The molecule has 0 aliphatic heterocycles. The molecule has 1 rings (SSSR count). The molecule has 0 aromatic heterocycles. The van der Waals surface area contributed by atoms with Crippen LogP contribution < -0.4 is 5.73 Å². The molecule has 4 nitrogen and oxygen atoms in total. The van der Waals surface area contributed by atoms with Gasteiger partial charge in [-0.15, -0.1) is 0 Å². The molecule has 0 heterocycles. The van der Waals surface area contributed by atoms with Crippen molar-refractivity contribution in [3.63, 3.8) is 0 Å². The Bertz CT molecular complexity index is 410. The summed E-state index contributed by atoms with van der Waals surface area (Å²) in [5, 5.41) is 0. The third-order valence-electron chi connectivity index (χ3n) is 1.85. The lowest BCUT2D eigenvalue weighted by Crippen LogP contribution is -2.05. The summed E-state index contributed by atoms with van der Waals surface area (Å²) in [6.45, 7) is 0. The number of hydrogen-bond acceptors (Lipinski definition) is 4. The van der Waals surface area contributed by atoms with Crippen LogP contribution in [0.4, 0.5) is 5.69 Å². The summed E-state index contributed by atoms with van der Waals surface area (Å²) < 4.78 is 4.54. The SMILES string of the molecule is COC(=O)c1ccc(C=CC=O)cc1N. The first-order chi connectivity index (χ1) is 7.19. The summed E-state index contributed by atoms with van der Waals surface area (Å²) in [6, 6.07) is 4.85. The van der Waals surface area contributed by atoms with E-state index in [9.17, 15) is 9.59 Å². The van der Waals surface area contributed by atoms with E-state index in [2.05, 4.69) is 4.74 Å². The van der Waals surface area contributed by atoms with Crippen LogP contribution in [0.3, 0.4) is 0 Å². The normalized spacial score (nSPS) is 10.2. The van der Waals surface area contributed by atoms with E-state index in [0.717, 1.165) is 5.56 Å². The second-order valence-electron chi connectivity index (χ2n) is 2.83. The minimum Gasteiger partial charge on any atom is -0.465 e. The number of hydrogen-bond donors (Lipinski definition) is 1. The summed E-state index contributed by atoms with van der Waals surface area (Å²) in [5.41, 5.74) is 7.05. The summed E-state index contributed by atoms with van der Waals surface area (Å²) >= 11 is 0. The molecule has 1 aromatic rings. The van der Waals surface area contributed by atoms with Gasteiger partial charge in [-0.1, -0.05) is 12.1 Å². The van der Waals surface area contributed by atoms with Gasteiger partial charge in [-0.25, -0.2) is 4.79 Å². The van der Waals surface area contributed by atoms with E-state index in [0.29, 0.717) is 17.5 Å². The van der Waals surface area contributed by atoms with Crippen LogP contribution in [-0.4, -0.2) is 19.4 Å². The van der Waals surface area contributed by atoms with Crippen molar-refractivity contribution < 1.29 is 14.3 Å². The van der Waals surface area contributed by atoms with Gasteiger partial charge in [0.15, 0.2) is 0 Å². The van der Waals surface area contributed by atoms with Gasteiger partial charge >= 0.3 is 5.97 Å². The molecule has 0 bridgehead atoms. The van der Waals surface area contributed by atoms with E-state index in [4.69, 9.17) is 5.73 Å². The first-order valence-electron chi connectivity index (χ1n) is 4.28. The lowest BCUT2D eigenvalue weighted by Gasteiger charge is -2.03. The monoisotopic (exact) mass is 205 g/mol. The molecule has 0 fully saturated rings. The molecule has 0 atom stereocenters. The molecule has 1 aromatic carbocycles. The third kappa shape index (κ3) is 2.67. The topological polar surface area (TPSA) is 69.4 Å². The van der Waals surface area contributed by atoms with Crippen LogP contribution in [0.2, 0.25) is 0 Å². The molecule has 0 spiro atoms. The molecule has 0 radical (unpaired) electrons. The Hall–Kier alpha value is -2.10. The van der Waals surface area contributed by atoms with Crippen molar-refractivity contribution in [3.05, 3.63) is 35.4 Å². The van der Waals surface area contributed by atoms with Crippen molar-refractivity contribution >= 4 is 24.0 Å². The largest absolute Gasteiger partial charge is 0.465 e. The van der Waals surface area contributed by atoms with Gasteiger partial charge in [0.25, 0.3) is 0 Å². The maximum atomic E-state index is 11.2. The fraction of sp³-hybridized carbons (Fsp3) is 0.0909. The fourth-order valence-electron chi connectivity index (χ4n) is 1.13. The van der Waals surface area contributed by atoms with Gasteiger partial charge in [-0.2, -0.15) is 0 Å². The zero-order valence-electron chi connectivity index (χ0n) is 8.27. The molecule has 0 amide bonds. The Morgan fingerprint density at radius 1 is 1.47 bits per heavy atom. The molecule has 0 aliphatic carbocycles. The van der Waals surface area contributed by atoms with Gasteiger partial charge in [0.1, 0.15) is 6.29 Å². The van der Waals surface area contributed by atoms with Crippen LogP contribution in [0, 0.1) is 0 Å². The van der Waals surface area contributed by atoms with Crippen LogP contribution in [-0.2, 0) is 9.53 Å². The van der Waals surface area contributed by atoms with E-state index in [1.54, 1.807) is 24.3 Å². The number of benzene rings is 1. The van der Waals surface area contributed by atoms with Crippen molar-refractivity contribution in [1.82, 2.24) is 0 Å². The van der Waals surface area contributed by atoms with Gasteiger partial charge in [0, 0.05) is 5.69 Å². The lowest BCUT2D eigenvalue weighted by molar-refractivity contribution is -0.104. The minimum atomic E-state index is -0.474. The molecule has 4 heteroatoms. The van der Waals surface area contributed by atoms with Crippen LogP contribution in [0.15, 0.2) is 24.3 Å². The highest BCUT2D eigenvalue weighted by atomic mass is 16.5. The number of carbonyl (C=O) groups is 2. The van der Waals surface area contributed by atoms with Crippen molar-refractivity contribution in [3.8, 4) is 0 Å². The number of anilines is 1. The second-order valence-corrected chi connectivity index (χ2v) is 2.83. The van der Waals surface area contributed by atoms with Gasteiger partial charge in [0.05, 0.1) is 12.7 Å². The number of carbonyl (C=O) groups excluding carboxylic acids is 2. The highest BCUT2D eigenvalue weighted by Gasteiger charge is 2.08. The molecule has 0 unspecified atom stereocenters. The average Bonchev–Trinajstić information content (AvgIpc) is 2.25. The predicted octanol–water partition coefficient (Wildman–Crippen LogP) is 1.27. The molecular formula is C11H11NO3. The van der Waals surface area contributed by atoms with E-state index in [1.165, 1.54) is 13.2 Å². The van der Waals surface area contributed by atoms with E-state index < -0.39 is 5.97 Å². The highest BCUT2D eigenvalue weighted by Crippen LogP contribution is 2.16. The quantitative estimate of drug-likeness (QED) is 0.349. The number of esters is 1. The highest BCUT2D eigenvalue weighted by molar-refractivity contribution is 5.95. The van der Waals surface area contributed by atoms with Gasteiger partial charge in [-0.3, -0.25) is 4.79 Å². The number of nitrogen functional groups attached to an aromatic ring is 1. The standard InChI is InChI=1S/C11H11NO3/c1-15-11(14)9-5-4-8(3-2-6-13)7-10(9)12/h2-7H,12H2,1H3. The van der Waals surface area contributed by atoms with E-state index in [-0.39, 0.29) is 0 Å². The van der Waals surface area contributed by atoms with Gasteiger partial charge < -0.3 is 10.5 Å². The average molecular weight is 205 g/mol. The maximum absolute atomic E-state index is 11.2. The van der Waals surface area contributed by atoms with Crippen LogP contribution in [0.5, 0.6) is 0 Å². The number of ether oxygens (including phenoxy) is 1. The number of methoxy groups -OCH3 is 1. The summed E-state index contributed by atoms with van der Waals surface area (Å²) in [6.07, 6.45) is 3.63. The molecule has 15 heavy (non-hydrogen) atoms. The molecule has 78 valence electrons. The zero-order chi connectivity index (χ0) is 11.3. The van der Waals surface area contributed by atoms with Gasteiger partial charge in [-0.05, 0) is 23.8 Å². The lowest BCUT2D eigenvalue weighted by atomic mass is 10.1. The van der Waals surface area contributed by atoms with Crippen LogP contribution in [0.1, 0.15) is 15.9 Å². The summed E-state index contributed by atoms with van der Waals surface area (Å²) in [5.74, 6) is -0.474. The number of aldehydes is 1. The van der Waals surface area contributed by atoms with E-state index in [1.807, 2.05) is 0 Å². The maximum Gasteiger partial charge on any atom is 0.339 e. The fourth-order valence-corrected chi connectivity index (χ4v) is 1.13. The van der Waals surface area contributed by atoms with Crippen LogP contribution in [0.25, 0.3) is 6.08 Å². The van der Waals surface area contributed by atoms with Crippen LogP contribution >= 0.6 is 0 Å². The number of allylic oxidation sites excluding steroid dienone is 1. The predicted molar refractivity (Wildman–Crippen MR) is 57.3 cm³/mol.